The van der Waals surface area contributed by atoms with Crippen LogP contribution in [0.4, 0.5) is 0 Å². The fourth-order valence-corrected chi connectivity index (χ4v) is 2.81. The quantitative estimate of drug-likeness (QED) is 0.917. The standard InChI is InChI=1S/C16H20N2O/c1-12(17)15-7-4-9-18(15)11-16-14-6-3-2-5-13(14)8-10-19-16/h2-7,9,12,16H,8,10-11,17H2,1H3. The summed E-state index contributed by atoms with van der Waals surface area (Å²) >= 11 is 0. The first-order chi connectivity index (χ1) is 9.25. The van der Waals surface area contributed by atoms with E-state index in [-0.39, 0.29) is 12.1 Å². The second-order valence-corrected chi connectivity index (χ2v) is 5.18. The van der Waals surface area contributed by atoms with Gasteiger partial charge in [-0.3, -0.25) is 0 Å². The molecule has 0 aliphatic carbocycles. The molecular formula is C16H20N2O. The van der Waals surface area contributed by atoms with Gasteiger partial charge < -0.3 is 15.0 Å². The number of benzene rings is 1. The lowest BCUT2D eigenvalue weighted by atomic mass is 9.97. The van der Waals surface area contributed by atoms with Crippen LogP contribution >= 0.6 is 0 Å². The molecule has 2 heterocycles. The van der Waals surface area contributed by atoms with Crippen molar-refractivity contribution in [1.29, 1.82) is 0 Å². The van der Waals surface area contributed by atoms with Crippen molar-refractivity contribution in [2.24, 2.45) is 5.73 Å². The molecule has 1 aromatic heterocycles. The van der Waals surface area contributed by atoms with Crippen LogP contribution in [0, 0.1) is 0 Å². The molecule has 0 fully saturated rings. The van der Waals surface area contributed by atoms with Crippen LogP contribution in [-0.4, -0.2) is 11.2 Å². The zero-order valence-corrected chi connectivity index (χ0v) is 11.3. The summed E-state index contributed by atoms with van der Waals surface area (Å²) in [6.07, 6.45) is 3.23. The maximum absolute atomic E-state index is 6.00. The van der Waals surface area contributed by atoms with E-state index in [2.05, 4.69) is 41.1 Å². The molecule has 3 nitrogen and oxygen atoms in total. The number of nitrogens with zero attached hydrogens (tertiary/aromatic N) is 1. The molecule has 1 aromatic carbocycles. The zero-order valence-electron chi connectivity index (χ0n) is 11.3. The van der Waals surface area contributed by atoms with Crippen molar-refractivity contribution in [3.05, 3.63) is 59.4 Å². The molecule has 19 heavy (non-hydrogen) atoms. The van der Waals surface area contributed by atoms with Crippen molar-refractivity contribution in [3.63, 3.8) is 0 Å². The second-order valence-electron chi connectivity index (χ2n) is 5.18. The van der Waals surface area contributed by atoms with E-state index in [9.17, 15) is 0 Å². The molecule has 3 rings (SSSR count). The van der Waals surface area contributed by atoms with Crippen molar-refractivity contribution in [2.75, 3.05) is 6.61 Å². The average molecular weight is 256 g/mol. The van der Waals surface area contributed by atoms with E-state index in [1.54, 1.807) is 0 Å². The third kappa shape index (κ3) is 2.44. The molecule has 1 aliphatic rings. The van der Waals surface area contributed by atoms with Gasteiger partial charge in [0.1, 0.15) is 6.10 Å². The average Bonchev–Trinajstić information content (AvgIpc) is 2.87. The Morgan fingerprint density at radius 3 is 3.00 bits per heavy atom. The molecular weight excluding hydrogens is 236 g/mol. The molecule has 3 heteroatoms. The highest BCUT2D eigenvalue weighted by Crippen LogP contribution is 2.29. The fraction of sp³-hybridized carbons (Fsp3) is 0.375. The van der Waals surface area contributed by atoms with Gasteiger partial charge in [0.2, 0.25) is 0 Å². The number of fused-ring (bicyclic) bond motifs is 1. The Hall–Kier alpha value is -1.58. The van der Waals surface area contributed by atoms with Crippen LogP contribution in [0.3, 0.4) is 0 Å². The van der Waals surface area contributed by atoms with E-state index in [1.165, 1.54) is 11.1 Å². The van der Waals surface area contributed by atoms with Gasteiger partial charge in [0.25, 0.3) is 0 Å². The Balaban J connectivity index is 1.87. The number of nitrogens with two attached hydrogens (primary N) is 1. The van der Waals surface area contributed by atoms with Crippen LogP contribution in [0.15, 0.2) is 42.6 Å². The van der Waals surface area contributed by atoms with Crippen molar-refractivity contribution in [2.45, 2.75) is 32.0 Å². The minimum atomic E-state index is 0.0498. The molecule has 0 saturated carbocycles. The SMILES string of the molecule is CC(N)c1cccn1CC1OCCc2ccccc21. The molecule has 2 atom stereocenters. The number of ether oxygens (including phenoxy) is 1. The smallest absolute Gasteiger partial charge is 0.101 e. The summed E-state index contributed by atoms with van der Waals surface area (Å²) in [5, 5.41) is 0. The third-order valence-corrected chi connectivity index (χ3v) is 3.79. The lowest BCUT2D eigenvalue weighted by Crippen LogP contribution is -2.22. The minimum Gasteiger partial charge on any atom is -0.371 e. The number of hydrogen-bond donors (Lipinski definition) is 1. The first-order valence-electron chi connectivity index (χ1n) is 6.85. The van der Waals surface area contributed by atoms with Gasteiger partial charge in [-0.15, -0.1) is 0 Å². The summed E-state index contributed by atoms with van der Waals surface area (Å²) in [4.78, 5) is 0. The topological polar surface area (TPSA) is 40.2 Å². The summed E-state index contributed by atoms with van der Waals surface area (Å²) in [6.45, 7) is 3.65. The molecule has 0 spiro atoms. The predicted molar refractivity (Wildman–Crippen MR) is 75.9 cm³/mol. The molecule has 0 bridgehead atoms. The lowest BCUT2D eigenvalue weighted by Gasteiger charge is -2.27. The number of aromatic nitrogens is 1. The van der Waals surface area contributed by atoms with E-state index in [4.69, 9.17) is 10.5 Å². The van der Waals surface area contributed by atoms with Crippen molar-refractivity contribution >= 4 is 0 Å². The van der Waals surface area contributed by atoms with E-state index in [0.717, 1.165) is 25.3 Å². The van der Waals surface area contributed by atoms with E-state index < -0.39 is 0 Å². The number of hydrogen-bond acceptors (Lipinski definition) is 2. The van der Waals surface area contributed by atoms with Crippen LogP contribution < -0.4 is 5.73 Å². The van der Waals surface area contributed by atoms with E-state index in [1.807, 2.05) is 13.0 Å². The molecule has 2 N–H and O–H groups in total. The normalized spacial score (nSPS) is 20.0. The maximum atomic E-state index is 6.00. The van der Waals surface area contributed by atoms with Crippen LogP contribution in [0.2, 0.25) is 0 Å². The molecule has 100 valence electrons. The minimum absolute atomic E-state index is 0.0498. The highest BCUT2D eigenvalue weighted by atomic mass is 16.5. The van der Waals surface area contributed by atoms with Crippen LogP contribution in [-0.2, 0) is 17.7 Å². The van der Waals surface area contributed by atoms with Gasteiger partial charge in [0, 0.05) is 17.9 Å². The summed E-state index contributed by atoms with van der Waals surface area (Å²) in [5.74, 6) is 0. The van der Waals surface area contributed by atoms with Crippen LogP contribution in [0.5, 0.6) is 0 Å². The summed E-state index contributed by atoms with van der Waals surface area (Å²) < 4.78 is 8.16. The predicted octanol–water partition coefficient (Wildman–Crippen LogP) is 2.82. The molecule has 2 aromatic rings. The molecule has 1 aliphatic heterocycles. The third-order valence-electron chi connectivity index (χ3n) is 3.79. The Morgan fingerprint density at radius 2 is 2.16 bits per heavy atom. The first-order valence-corrected chi connectivity index (χ1v) is 6.85. The summed E-state index contributed by atoms with van der Waals surface area (Å²) in [6, 6.07) is 12.7. The summed E-state index contributed by atoms with van der Waals surface area (Å²) in [5.41, 5.74) is 9.88. The van der Waals surface area contributed by atoms with Crippen LogP contribution in [0.1, 0.15) is 35.9 Å². The van der Waals surface area contributed by atoms with Gasteiger partial charge in [-0.05, 0) is 36.6 Å². The zero-order chi connectivity index (χ0) is 13.2. The Morgan fingerprint density at radius 1 is 1.32 bits per heavy atom. The van der Waals surface area contributed by atoms with Gasteiger partial charge >= 0.3 is 0 Å². The monoisotopic (exact) mass is 256 g/mol. The molecule has 0 radical (unpaired) electrons. The van der Waals surface area contributed by atoms with E-state index >= 15 is 0 Å². The molecule has 0 amide bonds. The lowest BCUT2D eigenvalue weighted by molar-refractivity contribution is 0.0301. The molecule has 0 saturated heterocycles. The van der Waals surface area contributed by atoms with Gasteiger partial charge in [-0.1, -0.05) is 24.3 Å². The van der Waals surface area contributed by atoms with Gasteiger partial charge in [0.15, 0.2) is 0 Å². The highest BCUT2D eigenvalue weighted by molar-refractivity contribution is 5.31. The maximum Gasteiger partial charge on any atom is 0.101 e. The van der Waals surface area contributed by atoms with Crippen molar-refractivity contribution < 1.29 is 4.74 Å². The second kappa shape index (κ2) is 5.19. The largest absolute Gasteiger partial charge is 0.371 e. The molecule has 2 unspecified atom stereocenters. The summed E-state index contributed by atoms with van der Waals surface area (Å²) in [7, 11) is 0. The van der Waals surface area contributed by atoms with Gasteiger partial charge in [-0.2, -0.15) is 0 Å². The number of rotatable bonds is 3. The fourth-order valence-electron chi connectivity index (χ4n) is 2.81. The Bertz CT molecular complexity index is 559. The highest BCUT2D eigenvalue weighted by Gasteiger charge is 2.21. The van der Waals surface area contributed by atoms with Gasteiger partial charge in [-0.25, -0.2) is 0 Å². The Labute approximate surface area is 114 Å². The Kier molecular flexibility index (Phi) is 3.40. The van der Waals surface area contributed by atoms with Crippen molar-refractivity contribution in [3.8, 4) is 0 Å². The first kappa shape index (κ1) is 12.5. The van der Waals surface area contributed by atoms with Gasteiger partial charge in [0.05, 0.1) is 13.2 Å². The van der Waals surface area contributed by atoms with E-state index in [0.29, 0.717) is 0 Å². The van der Waals surface area contributed by atoms with Crippen molar-refractivity contribution in [1.82, 2.24) is 4.57 Å². The van der Waals surface area contributed by atoms with Crippen LogP contribution in [0.25, 0.3) is 0 Å².